The highest BCUT2D eigenvalue weighted by atomic mass is 127. The number of hydrogen-bond donors (Lipinski definition) is 1. The molecule has 0 radical (unpaired) electrons. The third-order valence-corrected chi connectivity index (χ3v) is 5.69. The molecule has 0 aliphatic heterocycles. The van der Waals surface area contributed by atoms with Gasteiger partial charge in [-0.25, -0.2) is 0 Å². The van der Waals surface area contributed by atoms with Gasteiger partial charge in [-0.3, -0.25) is 9.36 Å². The summed E-state index contributed by atoms with van der Waals surface area (Å²) < 4.78 is 3.27. The number of carbonyl (C=O) groups is 1. The van der Waals surface area contributed by atoms with Crippen LogP contribution >= 0.6 is 34.4 Å². The lowest BCUT2D eigenvalue weighted by molar-refractivity contribution is -0.133. The van der Waals surface area contributed by atoms with Crippen LogP contribution in [0.15, 0.2) is 23.4 Å². The molecule has 21 heavy (non-hydrogen) atoms. The number of aromatic nitrogens is 3. The zero-order valence-corrected chi connectivity index (χ0v) is 14.4. The molecule has 1 aromatic heterocycles. The zero-order chi connectivity index (χ0) is 15.0. The molecule has 0 unspecified atom stereocenters. The molecule has 2 aromatic rings. The Morgan fingerprint density at radius 1 is 1.48 bits per heavy atom. The highest BCUT2D eigenvalue weighted by molar-refractivity contribution is 14.1. The fourth-order valence-corrected chi connectivity index (χ4v) is 3.49. The van der Waals surface area contributed by atoms with Crippen LogP contribution in [0.2, 0.25) is 0 Å². The van der Waals surface area contributed by atoms with Gasteiger partial charge in [-0.1, -0.05) is 30.0 Å². The van der Waals surface area contributed by atoms with Gasteiger partial charge >= 0.3 is 5.97 Å². The topological polar surface area (TPSA) is 68.0 Å². The van der Waals surface area contributed by atoms with Crippen molar-refractivity contribution in [3.63, 3.8) is 0 Å². The highest BCUT2D eigenvalue weighted by Gasteiger charge is 2.31. The van der Waals surface area contributed by atoms with E-state index in [1.807, 2.05) is 12.1 Å². The van der Waals surface area contributed by atoms with E-state index in [1.54, 1.807) is 0 Å². The number of nitrogens with zero attached hydrogens (tertiary/aromatic N) is 3. The molecule has 7 heteroatoms. The molecular weight excluding hydrogens is 401 g/mol. The molecule has 1 aliphatic carbocycles. The Hall–Kier alpha value is -1.09. The maximum Gasteiger partial charge on any atom is 0.313 e. The number of aryl methyl sites for hydroxylation is 1. The van der Waals surface area contributed by atoms with Crippen LogP contribution in [0.4, 0.5) is 0 Å². The molecule has 3 rings (SSSR count). The third kappa shape index (κ3) is 3.08. The minimum atomic E-state index is -0.836. The summed E-state index contributed by atoms with van der Waals surface area (Å²) in [6, 6.07) is 6.54. The fourth-order valence-electron chi connectivity index (χ4n) is 2.17. The van der Waals surface area contributed by atoms with E-state index >= 15 is 0 Å². The van der Waals surface area contributed by atoms with Crippen LogP contribution in [0, 0.1) is 10.5 Å². The molecule has 0 atom stereocenters. The smallest absolute Gasteiger partial charge is 0.313 e. The van der Waals surface area contributed by atoms with E-state index in [1.165, 1.54) is 20.9 Å². The second-order valence-electron chi connectivity index (χ2n) is 5.03. The largest absolute Gasteiger partial charge is 0.481 e. The van der Waals surface area contributed by atoms with Gasteiger partial charge in [-0.2, -0.15) is 0 Å². The number of carboxylic acid groups (broad SMARTS) is 1. The quantitative estimate of drug-likeness (QED) is 0.599. The Morgan fingerprint density at radius 3 is 2.90 bits per heavy atom. The molecule has 1 fully saturated rings. The Morgan fingerprint density at radius 2 is 2.24 bits per heavy atom. The van der Waals surface area contributed by atoms with Gasteiger partial charge in [0.25, 0.3) is 0 Å². The molecule has 0 spiro atoms. The Labute approximate surface area is 140 Å². The summed E-state index contributed by atoms with van der Waals surface area (Å²) in [6.45, 7) is 2.07. The van der Waals surface area contributed by atoms with Gasteiger partial charge < -0.3 is 5.11 Å². The van der Waals surface area contributed by atoms with E-state index in [0.29, 0.717) is 11.2 Å². The number of rotatable bonds is 5. The van der Waals surface area contributed by atoms with Crippen LogP contribution < -0.4 is 0 Å². The average molecular weight is 415 g/mol. The number of aliphatic carboxylic acids is 1. The van der Waals surface area contributed by atoms with Gasteiger partial charge in [0.15, 0.2) is 11.0 Å². The first-order chi connectivity index (χ1) is 10.1. The average Bonchev–Trinajstić information content (AvgIpc) is 3.20. The summed E-state index contributed by atoms with van der Waals surface area (Å²) in [7, 11) is 0. The van der Waals surface area contributed by atoms with Crippen molar-refractivity contribution in [2.75, 3.05) is 5.75 Å². The molecule has 0 bridgehead atoms. The summed E-state index contributed by atoms with van der Waals surface area (Å²) in [6.07, 6.45) is 2.21. The Kier molecular flexibility index (Phi) is 4.21. The van der Waals surface area contributed by atoms with Gasteiger partial charge in [0.05, 0.1) is 5.75 Å². The minimum absolute atomic E-state index is 0.00969. The van der Waals surface area contributed by atoms with Gasteiger partial charge in [-0.15, -0.1) is 10.2 Å². The monoisotopic (exact) mass is 415 g/mol. The minimum Gasteiger partial charge on any atom is -0.481 e. The van der Waals surface area contributed by atoms with Gasteiger partial charge in [-0.05, 0) is 47.9 Å². The van der Waals surface area contributed by atoms with Crippen molar-refractivity contribution >= 4 is 40.3 Å². The molecule has 110 valence electrons. The lowest BCUT2D eigenvalue weighted by atomic mass is 10.1. The first kappa shape index (κ1) is 14.8. The third-order valence-electron chi connectivity index (χ3n) is 3.33. The SMILES string of the molecule is Cc1cccc(-c2nnc(SCC(=O)O)n2C2CC2)c1I. The predicted octanol–water partition coefficient (Wildman–Crippen LogP) is 3.37. The second kappa shape index (κ2) is 5.96. The summed E-state index contributed by atoms with van der Waals surface area (Å²) in [5.41, 5.74) is 2.27. The fraction of sp³-hybridized carbons (Fsp3) is 0.357. The van der Waals surface area contributed by atoms with Crippen LogP contribution in [0.5, 0.6) is 0 Å². The number of thioether (sulfide) groups is 1. The summed E-state index contributed by atoms with van der Waals surface area (Å²) in [5, 5.41) is 18.1. The van der Waals surface area contributed by atoms with Gasteiger partial charge in [0.1, 0.15) is 0 Å². The molecule has 1 heterocycles. The standard InChI is InChI=1S/C14H14IN3O2S/c1-8-3-2-4-10(12(8)15)13-16-17-14(21-7-11(19)20)18(13)9-5-6-9/h2-4,9H,5-7H2,1H3,(H,19,20). The van der Waals surface area contributed by atoms with Crippen molar-refractivity contribution in [3.05, 3.63) is 27.3 Å². The molecule has 1 saturated carbocycles. The van der Waals surface area contributed by atoms with E-state index in [0.717, 1.165) is 24.2 Å². The van der Waals surface area contributed by atoms with Crippen molar-refractivity contribution < 1.29 is 9.90 Å². The summed E-state index contributed by atoms with van der Waals surface area (Å²) in [4.78, 5) is 10.8. The summed E-state index contributed by atoms with van der Waals surface area (Å²) in [5.74, 6) is 0.0194. The van der Waals surface area contributed by atoms with E-state index < -0.39 is 5.97 Å². The number of hydrogen-bond acceptors (Lipinski definition) is 4. The van der Waals surface area contributed by atoms with Crippen LogP contribution in [0.1, 0.15) is 24.4 Å². The van der Waals surface area contributed by atoms with Crippen LogP contribution in [-0.2, 0) is 4.79 Å². The van der Waals surface area contributed by atoms with Crippen molar-refractivity contribution in [3.8, 4) is 11.4 Å². The number of carboxylic acids is 1. The van der Waals surface area contributed by atoms with Crippen molar-refractivity contribution in [2.24, 2.45) is 0 Å². The van der Waals surface area contributed by atoms with Crippen LogP contribution in [0.3, 0.4) is 0 Å². The maximum absolute atomic E-state index is 10.8. The van der Waals surface area contributed by atoms with E-state index in [9.17, 15) is 4.79 Å². The molecule has 1 N–H and O–H groups in total. The lowest BCUT2D eigenvalue weighted by Gasteiger charge is -2.10. The Balaban J connectivity index is 2.02. The first-order valence-corrected chi connectivity index (χ1v) is 8.69. The molecule has 5 nitrogen and oxygen atoms in total. The van der Waals surface area contributed by atoms with Crippen molar-refractivity contribution in [1.82, 2.24) is 14.8 Å². The highest BCUT2D eigenvalue weighted by Crippen LogP contribution is 2.41. The summed E-state index contributed by atoms with van der Waals surface area (Å²) >= 11 is 3.56. The number of halogens is 1. The first-order valence-electron chi connectivity index (χ1n) is 6.63. The van der Waals surface area contributed by atoms with Gasteiger partial charge in [0, 0.05) is 15.2 Å². The molecule has 1 aromatic carbocycles. The Bertz CT molecular complexity index is 698. The number of benzene rings is 1. The molecule has 0 saturated heterocycles. The molecular formula is C14H14IN3O2S. The van der Waals surface area contributed by atoms with Crippen molar-refractivity contribution in [2.45, 2.75) is 31.0 Å². The van der Waals surface area contributed by atoms with Gasteiger partial charge in [0.2, 0.25) is 0 Å². The van der Waals surface area contributed by atoms with E-state index in [4.69, 9.17) is 5.11 Å². The molecule has 1 aliphatic rings. The van der Waals surface area contributed by atoms with E-state index in [-0.39, 0.29) is 5.75 Å². The predicted molar refractivity (Wildman–Crippen MR) is 89.5 cm³/mol. The van der Waals surface area contributed by atoms with Crippen LogP contribution in [0.25, 0.3) is 11.4 Å². The normalized spacial score (nSPS) is 14.4. The second-order valence-corrected chi connectivity index (χ2v) is 7.05. The van der Waals surface area contributed by atoms with E-state index in [2.05, 4.69) is 50.3 Å². The molecule has 0 amide bonds. The maximum atomic E-state index is 10.8. The van der Waals surface area contributed by atoms with Crippen molar-refractivity contribution in [1.29, 1.82) is 0 Å². The van der Waals surface area contributed by atoms with Crippen LogP contribution in [-0.4, -0.2) is 31.6 Å². The zero-order valence-electron chi connectivity index (χ0n) is 11.4. The lowest BCUT2D eigenvalue weighted by Crippen LogP contribution is -2.04.